The summed E-state index contributed by atoms with van der Waals surface area (Å²) in [5.74, 6) is -0.00248. The number of halogens is 1. The van der Waals surface area contributed by atoms with E-state index >= 15 is 0 Å². The molecule has 0 bridgehead atoms. The van der Waals surface area contributed by atoms with Crippen molar-refractivity contribution < 1.29 is 4.79 Å². The van der Waals surface area contributed by atoms with Gasteiger partial charge in [0.1, 0.15) is 0 Å². The molecule has 110 valence electrons. The summed E-state index contributed by atoms with van der Waals surface area (Å²) >= 11 is 7.28. The average Bonchev–Trinajstić information content (AvgIpc) is 2.48. The summed E-state index contributed by atoms with van der Waals surface area (Å²) in [6.45, 7) is 4.37. The van der Waals surface area contributed by atoms with Crippen molar-refractivity contribution in [1.82, 2.24) is 10.3 Å². The Morgan fingerprint density at radius 1 is 1.29 bits per heavy atom. The van der Waals surface area contributed by atoms with Gasteiger partial charge in [0.25, 0.3) is 0 Å². The molecule has 0 aliphatic carbocycles. The van der Waals surface area contributed by atoms with Gasteiger partial charge in [-0.15, -0.1) is 0 Å². The van der Waals surface area contributed by atoms with Crippen molar-refractivity contribution in [3.8, 4) is 0 Å². The van der Waals surface area contributed by atoms with E-state index < -0.39 is 0 Å². The van der Waals surface area contributed by atoms with Crippen LogP contribution in [-0.4, -0.2) is 16.1 Å². The van der Waals surface area contributed by atoms with Crippen molar-refractivity contribution >= 4 is 29.3 Å². The van der Waals surface area contributed by atoms with E-state index in [1.807, 2.05) is 50.2 Å². The van der Waals surface area contributed by atoms with E-state index in [1.54, 1.807) is 6.20 Å². The molecule has 2 aromatic rings. The van der Waals surface area contributed by atoms with Crippen LogP contribution in [0.5, 0.6) is 0 Å². The first-order chi connectivity index (χ1) is 10.0. The van der Waals surface area contributed by atoms with Crippen LogP contribution in [0.3, 0.4) is 0 Å². The number of aryl methyl sites for hydroxylation is 1. The zero-order valence-electron chi connectivity index (χ0n) is 12.0. The van der Waals surface area contributed by atoms with E-state index in [0.29, 0.717) is 11.6 Å². The van der Waals surface area contributed by atoms with Gasteiger partial charge in [0, 0.05) is 17.8 Å². The topological polar surface area (TPSA) is 42.0 Å². The van der Waals surface area contributed by atoms with Gasteiger partial charge in [0.15, 0.2) is 0 Å². The summed E-state index contributed by atoms with van der Waals surface area (Å²) in [6, 6.07) is 11.4. The maximum absolute atomic E-state index is 12.1. The first kappa shape index (κ1) is 15.9. The maximum atomic E-state index is 12.1. The number of hydrogen-bond donors (Lipinski definition) is 1. The first-order valence-electron chi connectivity index (χ1n) is 6.66. The third kappa shape index (κ3) is 5.06. The van der Waals surface area contributed by atoms with Crippen LogP contribution >= 0.6 is 23.4 Å². The molecule has 0 fully saturated rings. The molecule has 1 atom stereocenters. The smallest absolute Gasteiger partial charge is 0.233 e. The molecule has 1 heterocycles. The maximum Gasteiger partial charge on any atom is 0.233 e. The van der Waals surface area contributed by atoms with E-state index in [-0.39, 0.29) is 11.2 Å². The molecule has 5 heteroatoms. The Bertz CT molecular complexity index is 599. The van der Waals surface area contributed by atoms with Gasteiger partial charge in [-0.1, -0.05) is 41.6 Å². The molecular weight excluding hydrogens is 304 g/mol. The van der Waals surface area contributed by atoms with Crippen molar-refractivity contribution in [3.63, 3.8) is 0 Å². The summed E-state index contributed by atoms with van der Waals surface area (Å²) in [5.41, 5.74) is 2.14. The molecule has 2 rings (SSSR count). The number of amides is 1. The van der Waals surface area contributed by atoms with Gasteiger partial charge < -0.3 is 5.32 Å². The zero-order chi connectivity index (χ0) is 15.2. The number of hydrogen-bond acceptors (Lipinski definition) is 3. The predicted molar refractivity (Wildman–Crippen MR) is 87.6 cm³/mol. The highest BCUT2D eigenvalue weighted by molar-refractivity contribution is 8.00. The van der Waals surface area contributed by atoms with E-state index in [1.165, 1.54) is 11.8 Å². The van der Waals surface area contributed by atoms with Crippen LogP contribution in [0.2, 0.25) is 5.02 Å². The highest BCUT2D eigenvalue weighted by Gasteiger charge is 2.14. The highest BCUT2D eigenvalue weighted by Crippen LogP contribution is 2.21. The van der Waals surface area contributed by atoms with E-state index in [4.69, 9.17) is 11.6 Å². The first-order valence-corrected chi connectivity index (χ1v) is 7.92. The second-order valence-corrected chi connectivity index (χ2v) is 6.58. The number of pyridine rings is 1. The van der Waals surface area contributed by atoms with Crippen molar-refractivity contribution in [3.05, 3.63) is 58.7 Å². The third-order valence-electron chi connectivity index (χ3n) is 2.93. The fraction of sp³-hybridized carbons (Fsp3) is 0.250. The molecule has 1 amide bonds. The fourth-order valence-corrected chi connectivity index (χ4v) is 2.63. The summed E-state index contributed by atoms with van der Waals surface area (Å²) in [6.07, 6.45) is 1.81. The Kier molecular flexibility index (Phi) is 5.65. The number of nitrogens with one attached hydrogen (secondary N) is 1. The highest BCUT2D eigenvalue weighted by atomic mass is 35.5. The molecule has 1 aromatic carbocycles. The summed E-state index contributed by atoms with van der Waals surface area (Å²) in [5, 5.41) is 4.28. The normalized spacial score (nSPS) is 12.0. The Hall–Kier alpha value is -1.52. The number of carbonyl (C=O) groups is 1. The van der Waals surface area contributed by atoms with Crippen molar-refractivity contribution in [1.29, 1.82) is 0 Å². The van der Waals surface area contributed by atoms with E-state index in [9.17, 15) is 4.79 Å². The van der Waals surface area contributed by atoms with Crippen molar-refractivity contribution in [2.45, 2.75) is 30.7 Å². The molecule has 1 N–H and O–H groups in total. The Balaban J connectivity index is 1.84. The molecule has 0 aliphatic rings. The van der Waals surface area contributed by atoms with Gasteiger partial charge in [-0.05, 0) is 43.2 Å². The largest absolute Gasteiger partial charge is 0.351 e. The summed E-state index contributed by atoms with van der Waals surface area (Å²) in [4.78, 5) is 16.4. The molecule has 1 unspecified atom stereocenters. The number of benzene rings is 1. The van der Waals surface area contributed by atoms with Crippen LogP contribution < -0.4 is 5.32 Å². The minimum absolute atomic E-state index is 0.00248. The number of thioether (sulfide) groups is 1. The molecule has 0 saturated heterocycles. The van der Waals surface area contributed by atoms with Crippen molar-refractivity contribution in [2.24, 2.45) is 0 Å². The Labute approximate surface area is 134 Å². The van der Waals surface area contributed by atoms with Gasteiger partial charge >= 0.3 is 0 Å². The molecule has 21 heavy (non-hydrogen) atoms. The molecule has 0 aliphatic heterocycles. The summed E-state index contributed by atoms with van der Waals surface area (Å²) < 4.78 is 0. The lowest BCUT2D eigenvalue weighted by atomic mass is 10.2. The lowest BCUT2D eigenvalue weighted by Gasteiger charge is -2.11. The summed E-state index contributed by atoms with van der Waals surface area (Å²) in [7, 11) is 0. The van der Waals surface area contributed by atoms with E-state index in [0.717, 1.165) is 16.2 Å². The lowest BCUT2D eigenvalue weighted by Crippen LogP contribution is -2.30. The standard InChI is InChI=1S/C16H17ClN2OS/c1-11-3-8-15(18-9-11)21-12(2)16(20)19-10-13-4-6-14(17)7-5-13/h3-9,12H,10H2,1-2H3,(H,19,20). The minimum Gasteiger partial charge on any atom is -0.351 e. The number of nitrogens with zero attached hydrogens (tertiary/aromatic N) is 1. The zero-order valence-corrected chi connectivity index (χ0v) is 13.5. The Morgan fingerprint density at radius 3 is 2.62 bits per heavy atom. The van der Waals surface area contributed by atoms with Crippen LogP contribution in [0, 0.1) is 6.92 Å². The molecular formula is C16H17ClN2OS. The van der Waals surface area contributed by atoms with Gasteiger partial charge in [-0.25, -0.2) is 4.98 Å². The molecule has 3 nitrogen and oxygen atoms in total. The lowest BCUT2D eigenvalue weighted by molar-refractivity contribution is -0.120. The van der Waals surface area contributed by atoms with Crippen LogP contribution in [-0.2, 0) is 11.3 Å². The second kappa shape index (κ2) is 7.48. The van der Waals surface area contributed by atoms with Gasteiger partial charge in [0.2, 0.25) is 5.91 Å². The van der Waals surface area contributed by atoms with Gasteiger partial charge in [-0.3, -0.25) is 4.79 Å². The molecule has 0 radical (unpaired) electrons. The van der Waals surface area contributed by atoms with Crippen LogP contribution in [0.1, 0.15) is 18.1 Å². The number of carbonyl (C=O) groups excluding carboxylic acids is 1. The second-order valence-electron chi connectivity index (χ2n) is 4.78. The predicted octanol–water partition coefficient (Wildman–Crippen LogP) is 3.84. The van der Waals surface area contributed by atoms with Crippen LogP contribution in [0.15, 0.2) is 47.6 Å². The van der Waals surface area contributed by atoms with E-state index in [2.05, 4.69) is 10.3 Å². The van der Waals surface area contributed by atoms with Crippen molar-refractivity contribution in [2.75, 3.05) is 0 Å². The van der Waals surface area contributed by atoms with Gasteiger partial charge in [0.05, 0.1) is 10.3 Å². The SMILES string of the molecule is Cc1ccc(SC(C)C(=O)NCc2ccc(Cl)cc2)nc1. The Morgan fingerprint density at radius 2 is 2.00 bits per heavy atom. The van der Waals surface area contributed by atoms with Crippen LogP contribution in [0.4, 0.5) is 0 Å². The van der Waals surface area contributed by atoms with Crippen LogP contribution in [0.25, 0.3) is 0 Å². The minimum atomic E-state index is -0.187. The average molecular weight is 321 g/mol. The number of aromatic nitrogens is 1. The quantitative estimate of drug-likeness (QED) is 0.851. The molecule has 1 aromatic heterocycles. The monoisotopic (exact) mass is 320 g/mol. The van der Waals surface area contributed by atoms with Gasteiger partial charge in [-0.2, -0.15) is 0 Å². The molecule has 0 saturated carbocycles. The molecule has 0 spiro atoms. The third-order valence-corrected chi connectivity index (χ3v) is 4.23. The fourth-order valence-electron chi connectivity index (χ4n) is 1.69. The number of rotatable bonds is 5.